The molecular weight excluding hydrogens is 385 g/mol. The first-order valence-electron chi connectivity index (χ1n) is 7.93. The van der Waals surface area contributed by atoms with Gasteiger partial charge in [-0.15, -0.1) is 0 Å². The summed E-state index contributed by atoms with van der Waals surface area (Å²) in [5.41, 5.74) is 0.740. The van der Waals surface area contributed by atoms with Crippen molar-refractivity contribution in [3.05, 3.63) is 71.8 Å². The molecule has 0 spiro atoms. The van der Waals surface area contributed by atoms with E-state index in [1.807, 2.05) is 6.07 Å². The summed E-state index contributed by atoms with van der Waals surface area (Å²) >= 11 is 0. The monoisotopic (exact) mass is 399 g/mol. The summed E-state index contributed by atoms with van der Waals surface area (Å²) in [6.07, 6.45) is 2.40. The van der Waals surface area contributed by atoms with Gasteiger partial charge in [0.2, 0.25) is 15.9 Å². The number of aromatic nitrogens is 2. The third-order valence-electron chi connectivity index (χ3n) is 3.82. The number of carbonyl (C=O) groups excluding carboxylic acids is 1. The second kappa shape index (κ2) is 7.59. The summed E-state index contributed by atoms with van der Waals surface area (Å²) in [6, 6.07) is 11.8. The van der Waals surface area contributed by atoms with Crippen LogP contribution in [-0.2, 0) is 21.2 Å². The quantitative estimate of drug-likeness (QED) is 0.674. The molecule has 0 saturated carbocycles. The van der Waals surface area contributed by atoms with Crippen LogP contribution in [0.4, 0.5) is 10.1 Å². The second-order valence-electron chi connectivity index (χ2n) is 5.83. The zero-order valence-electron chi connectivity index (χ0n) is 14.3. The largest absolute Gasteiger partial charge is 0.326 e. The molecule has 3 aromatic rings. The molecule has 10 heteroatoms. The molecule has 8 nitrogen and oxygen atoms in total. The van der Waals surface area contributed by atoms with Crippen molar-refractivity contribution >= 4 is 21.6 Å². The number of anilines is 1. The molecule has 1 heterocycles. The molecule has 0 saturated heterocycles. The number of sulfonamides is 1. The van der Waals surface area contributed by atoms with Gasteiger partial charge in [0.15, 0.2) is 0 Å². The minimum absolute atomic E-state index is 0.121. The van der Waals surface area contributed by atoms with E-state index in [1.165, 1.54) is 53.5 Å². The number of benzene rings is 2. The lowest BCUT2D eigenvalue weighted by atomic mass is 10.1. The van der Waals surface area contributed by atoms with Crippen LogP contribution in [-0.4, -0.2) is 24.1 Å². The third-order valence-corrected chi connectivity index (χ3v) is 4.76. The first kappa shape index (κ1) is 19.2. The summed E-state index contributed by atoms with van der Waals surface area (Å²) in [7, 11) is -4.16. The Bertz CT molecular complexity index is 1200. The average molecular weight is 399 g/mol. The van der Waals surface area contributed by atoms with E-state index in [9.17, 15) is 17.6 Å². The van der Waals surface area contributed by atoms with Gasteiger partial charge in [-0.1, -0.05) is 18.2 Å². The Morgan fingerprint density at radius 3 is 2.68 bits per heavy atom. The number of nitriles is 1. The molecule has 1 aromatic heterocycles. The van der Waals surface area contributed by atoms with Crippen LogP contribution < -0.4 is 10.5 Å². The highest BCUT2D eigenvalue weighted by Crippen LogP contribution is 2.23. The number of halogens is 1. The highest BCUT2D eigenvalue weighted by atomic mass is 32.2. The molecule has 0 aliphatic carbocycles. The molecule has 142 valence electrons. The Morgan fingerprint density at radius 1 is 1.29 bits per heavy atom. The number of nitrogens with zero attached hydrogens (tertiary/aromatic N) is 3. The Kier molecular flexibility index (Phi) is 5.21. The molecule has 1 amide bonds. The molecule has 2 aromatic carbocycles. The van der Waals surface area contributed by atoms with E-state index < -0.39 is 21.7 Å². The molecule has 28 heavy (non-hydrogen) atoms. The number of rotatable bonds is 5. The van der Waals surface area contributed by atoms with Crippen molar-refractivity contribution in [2.45, 2.75) is 11.3 Å². The van der Waals surface area contributed by atoms with Gasteiger partial charge in [-0.25, -0.2) is 22.6 Å². The molecule has 3 rings (SSSR count). The SMILES string of the molecule is N#Cc1cnn(-c2ccc(NC(=O)Cc3ccccc3F)cc2S(N)(=O)=O)c1. The number of hydrogen-bond donors (Lipinski definition) is 2. The number of hydrogen-bond acceptors (Lipinski definition) is 5. The zero-order chi connectivity index (χ0) is 20.3. The fraction of sp³-hybridized carbons (Fsp3) is 0.0556. The molecule has 0 bridgehead atoms. The molecule has 0 atom stereocenters. The lowest BCUT2D eigenvalue weighted by Crippen LogP contribution is -2.18. The van der Waals surface area contributed by atoms with Gasteiger partial charge in [0, 0.05) is 11.9 Å². The number of primary sulfonamides is 1. The Labute approximate surface area is 160 Å². The molecule has 0 unspecified atom stereocenters. The van der Waals surface area contributed by atoms with Crippen LogP contribution in [0.5, 0.6) is 0 Å². The maximum Gasteiger partial charge on any atom is 0.240 e. The number of nitrogens with two attached hydrogens (primary N) is 1. The summed E-state index contributed by atoms with van der Waals surface area (Å²) in [6.45, 7) is 0. The molecular formula is C18H14FN5O3S. The summed E-state index contributed by atoms with van der Waals surface area (Å²) in [5, 5.41) is 20.6. The van der Waals surface area contributed by atoms with E-state index in [0.29, 0.717) is 0 Å². The van der Waals surface area contributed by atoms with Crippen molar-refractivity contribution in [2.24, 2.45) is 5.14 Å². The van der Waals surface area contributed by atoms with Gasteiger partial charge in [0.25, 0.3) is 0 Å². The normalized spacial score (nSPS) is 11.0. The lowest BCUT2D eigenvalue weighted by Gasteiger charge is -2.11. The average Bonchev–Trinajstić information content (AvgIpc) is 3.12. The van der Waals surface area contributed by atoms with E-state index in [0.717, 1.165) is 0 Å². The van der Waals surface area contributed by atoms with E-state index >= 15 is 0 Å². The van der Waals surface area contributed by atoms with Crippen LogP contribution in [0.25, 0.3) is 5.69 Å². The summed E-state index contributed by atoms with van der Waals surface area (Å²) in [5.74, 6) is -1.03. The van der Waals surface area contributed by atoms with Crippen molar-refractivity contribution in [1.82, 2.24) is 9.78 Å². The van der Waals surface area contributed by atoms with Crippen molar-refractivity contribution in [1.29, 1.82) is 5.26 Å². The summed E-state index contributed by atoms with van der Waals surface area (Å²) in [4.78, 5) is 11.9. The fourth-order valence-corrected chi connectivity index (χ4v) is 3.29. The van der Waals surface area contributed by atoms with Crippen molar-refractivity contribution in [3.63, 3.8) is 0 Å². The van der Waals surface area contributed by atoms with Gasteiger partial charge in [0.05, 0.1) is 23.9 Å². The minimum atomic E-state index is -4.16. The number of carbonyl (C=O) groups is 1. The highest BCUT2D eigenvalue weighted by Gasteiger charge is 2.18. The van der Waals surface area contributed by atoms with E-state index in [-0.39, 0.29) is 33.8 Å². The Hall–Kier alpha value is -3.55. The van der Waals surface area contributed by atoms with Crippen molar-refractivity contribution < 1.29 is 17.6 Å². The van der Waals surface area contributed by atoms with Gasteiger partial charge in [-0.3, -0.25) is 4.79 Å². The molecule has 3 N–H and O–H groups in total. The third kappa shape index (κ3) is 4.22. The van der Waals surface area contributed by atoms with Crippen molar-refractivity contribution in [3.8, 4) is 11.8 Å². The fourth-order valence-electron chi connectivity index (χ4n) is 2.54. The number of nitrogens with one attached hydrogen (secondary N) is 1. The zero-order valence-corrected chi connectivity index (χ0v) is 15.1. The first-order chi connectivity index (χ1) is 13.3. The molecule has 0 radical (unpaired) electrons. The smallest absolute Gasteiger partial charge is 0.240 e. The maximum atomic E-state index is 13.7. The first-order valence-corrected chi connectivity index (χ1v) is 9.48. The highest BCUT2D eigenvalue weighted by molar-refractivity contribution is 7.89. The summed E-state index contributed by atoms with van der Waals surface area (Å²) < 4.78 is 38.8. The van der Waals surface area contributed by atoms with Crippen LogP contribution in [0.3, 0.4) is 0 Å². The topological polar surface area (TPSA) is 131 Å². The molecule has 0 fully saturated rings. The maximum absolute atomic E-state index is 13.7. The van der Waals surface area contributed by atoms with Gasteiger partial charge in [-0.05, 0) is 29.8 Å². The van der Waals surface area contributed by atoms with Gasteiger partial charge in [0.1, 0.15) is 16.8 Å². The molecule has 0 aliphatic heterocycles. The van der Waals surface area contributed by atoms with Crippen molar-refractivity contribution in [2.75, 3.05) is 5.32 Å². The minimum Gasteiger partial charge on any atom is -0.326 e. The van der Waals surface area contributed by atoms with Crippen LogP contribution in [0.2, 0.25) is 0 Å². The predicted molar refractivity (Wildman–Crippen MR) is 98.4 cm³/mol. The van der Waals surface area contributed by atoms with Gasteiger partial charge >= 0.3 is 0 Å². The van der Waals surface area contributed by atoms with Crippen LogP contribution in [0, 0.1) is 17.1 Å². The van der Waals surface area contributed by atoms with Gasteiger partial charge in [-0.2, -0.15) is 10.4 Å². The van der Waals surface area contributed by atoms with E-state index in [2.05, 4.69) is 10.4 Å². The number of amides is 1. The van der Waals surface area contributed by atoms with Gasteiger partial charge < -0.3 is 5.32 Å². The van der Waals surface area contributed by atoms with E-state index in [1.54, 1.807) is 6.07 Å². The Balaban J connectivity index is 1.90. The lowest BCUT2D eigenvalue weighted by molar-refractivity contribution is -0.115. The predicted octanol–water partition coefficient (Wildman–Crippen LogP) is 1.71. The second-order valence-corrected chi connectivity index (χ2v) is 7.36. The van der Waals surface area contributed by atoms with Crippen LogP contribution >= 0.6 is 0 Å². The van der Waals surface area contributed by atoms with Crippen LogP contribution in [0.15, 0.2) is 59.8 Å². The Morgan fingerprint density at radius 2 is 2.04 bits per heavy atom. The standard InChI is InChI=1S/C18H14FN5O3S/c19-15-4-2-1-3-13(15)7-18(25)23-14-5-6-16(17(8-14)28(21,26)27)24-11-12(9-20)10-22-24/h1-6,8,10-11H,7H2,(H,23,25)(H2,21,26,27). The molecule has 0 aliphatic rings. The van der Waals surface area contributed by atoms with E-state index in [4.69, 9.17) is 10.4 Å². The van der Waals surface area contributed by atoms with Crippen LogP contribution in [0.1, 0.15) is 11.1 Å².